The number of aromatic nitrogens is 2. The molecule has 1 aromatic heterocycles. The Hall–Kier alpha value is -2.78. The van der Waals surface area contributed by atoms with Crippen molar-refractivity contribution in [1.29, 1.82) is 0 Å². The third-order valence-corrected chi connectivity index (χ3v) is 6.78. The number of anilines is 1. The Morgan fingerprint density at radius 3 is 2.68 bits per heavy atom. The Morgan fingerprint density at radius 2 is 1.97 bits per heavy atom. The number of nitrogens with one attached hydrogen (secondary N) is 3. The second kappa shape index (κ2) is 11.1. The molecule has 1 aliphatic heterocycles. The molecule has 2 amide bonds. The van der Waals surface area contributed by atoms with Gasteiger partial charge in [-0.05, 0) is 63.1 Å². The average molecular weight is 491 g/mol. The lowest BCUT2D eigenvalue weighted by Crippen LogP contribution is -2.40. The summed E-state index contributed by atoms with van der Waals surface area (Å²) in [5, 5.41) is 5.86. The molecule has 0 spiro atoms. The highest BCUT2D eigenvalue weighted by atomic mass is 35.5. The number of ketones is 1. The fourth-order valence-corrected chi connectivity index (χ4v) is 4.76. The molecule has 0 bridgehead atoms. The molecule has 1 atom stereocenters. The number of imidazole rings is 1. The Morgan fingerprint density at radius 1 is 1.18 bits per heavy atom. The van der Waals surface area contributed by atoms with E-state index < -0.39 is 5.82 Å². The van der Waals surface area contributed by atoms with E-state index in [0.717, 1.165) is 25.5 Å². The van der Waals surface area contributed by atoms with E-state index in [1.807, 2.05) is 0 Å². The zero-order valence-electron chi connectivity index (χ0n) is 18.7. The fourth-order valence-electron chi connectivity index (χ4n) is 4.54. The number of rotatable bonds is 8. The second-order valence-electron chi connectivity index (χ2n) is 8.86. The summed E-state index contributed by atoms with van der Waals surface area (Å²) in [5.41, 5.74) is 0.697. The minimum absolute atomic E-state index is 0.103. The summed E-state index contributed by atoms with van der Waals surface area (Å²) in [5.74, 6) is -1.42. The summed E-state index contributed by atoms with van der Waals surface area (Å²) < 4.78 is 18.8. The van der Waals surface area contributed by atoms with Crippen molar-refractivity contribution >= 4 is 34.9 Å². The summed E-state index contributed by atoms with van der Waals surface area (Å²) in [6.45, 7) is 0.735. The molecule has 0 radical (unpaired) electrons. The van der Waals surface area contributed by atoms with Gasteiger partial charge in [-0.1, -0.05) is 11.6 Å². The van der Waals surface area contributed by atoms with Crippen LogP contribution in [0.4, 0.5) is 10.1 Å². The summed E-state index contributed by atoms with van der Waals surface area (Å²) in [6, 6.07) is 3.72. The van der Waals surface area contributed by atoms with Crippen LogP contribution < -0.4 is 10.6 Å². The predicted molar refractivity (Wildman–Crippen MR) is 124 cm³/mol. The zero-order valence-corrected chi connectivity index (χ0v) is 19.5. The van der Waals surface area contributed by atoms with Crippen molar-refractivity contribution in [3.05, 3.63) is 46.8 Å². The van der Waals surface area contributed by atoms with Crippen LogP contribution in [0.3, 0.4) is 0 Å². The molecule has 2 aliphatic rings. The normalized spacial score (nSPS) is 22.4. The fraction of sp³-hybridized carbons (Fsp3) is 0.500. The van der Waals surface area contributed by atoms with Crippen LogP contribution in [-0.4, -0.2) is 46.3 Å². The molecule has 2 heterocycles. The smallest absolute Gasteiger partial charge is 0.270 e. The van der Waals surface area contributed by atoms with Gasteiger partial charge in [0, 0.05) is 25.0 Å². The van der Waals surface area contributed by atoms with Crippen LogP contribution >= 0.6 is 11.6 Å². The van der Waals surface area contributed by atoms with Gasteiger partial charge in [0.05, 0.1) is 23.1 Å². The van der Waals surface area contributed by atoms with Crippen LogP contribution in [0.15, 0.2) is 24.5 Å². The van der Waals surface area contributed by atoms with Crippen LogP contribution in [0.5, 0.6) is 0 Å². The van der Waals surface area contributed by atoms with Gasteiger partial charge in [-0.25, -0.2) is 9.37 Å². The molecule has 2 fully saturated rings. The number of carbonyl (C=O) groups is 3. The molecule has 1 aliphatic carbocycles. The predicted octanol–water partition coefficient (Wildman–Crippen LogP) is 4.27. The molecule has 3 N–H and O–H groups in total. The van der Waals surface area contributed by atoms with Gasteiger partial charge < -0.3 is 20.4 Å². The van der Waals surface area contributed by atoms with Gasteiger partial charge >= 0.3 is 0 Å². The maximum Gasteiger partial charge on any atom is 0.270 e. The van der Waals surface area contributed by atoms with Gasteiger partial charge in [0.15, 0.2) is 5.78 Å². The van der Waals surface area contributed by atoms with Crippen molar-refractivity contribution in [1.82, 2.24) is 15.3 Å². The number of ether oxygens (including phenoxy) is 1. The number of Topliss-reactive ketones (excluding diaryl/α,β-unsaturated/α-hetero) is 1. The SMILES string of the molecule is O=C(CCC1CCCO1)c1nc[nH]c1C(=O)NC1CCC(C(=O)Nc2ccc(F)cc2Cl)CC1. The second-order valence-corrected chi connectivity index (χ2v) is 9.27. The average Bonchev–Trinajstić information content (AvgIpc) is 3.52. The standard InChI is InChI=1S/C24H28ClFN4O4/c25-18-12-15(26)5-9-19(18)30-23(32)14-3-6-16(7-4-14)29-24(33)22-21(27-13-28-22)20(31)10-8-17-2-1-11-34-17/h5,9,12-14,16-17H,1-4,6-8,10-11H2,(H,27,28)(H,29,33)(H,30,32). The first-order valence-corrected chi connectivity index (χ1v) is 12.0. The number of carbonyl (C=O) groups excluding carboxylic acids is 3. The van der Waals surface area contributed by atoms with Crippen molar-refractivity contribution in [2.45, 2.75) is 63.5 Å². The summed E-state index contributed by atoms with van der Waals surface area (Å²) in [7, 11) is 0. The molecule has 10 heteroatoms. The molecular weight excluding hydrogens is 463 g/mol. The van der Waals surface area contributed by atoms with Crippen LogP contribution in [0.2, 0.25) is 5.02 Å². The van der Waals surface area contributed by atoms with Gasteiger partial charge in [-0.15, -0.1) is 0 Å². The lowest BCUT2D eigenvalue weighted by atomic mass is 9.85. The third kappa shape index (κ3) is 6.01. The van der Waals surface area contributed by atoms with Crippen LogP contribution in [0, 0.1) is 11.7 Å². The molecule has 4 rings (SSSR count). The molecule has 34 heavy (non-hydrogen) atoms. The number of aromatic amines is 1. The largest absolute Gasteiger partial charge is 0.378 e. The maximum atomic E-state index is 13.2. The number of nitrogens with zero attached hydrogens (tertiary/aromatic N) is 1. The number of H-pyrrole nitrogens is 1. The summed E-state index contributed by atoms with van der Waals surface area (Å²) in [6.07, 6.45) is 6.77. The number of hydrogen-bond acceptors (Lipinski definition) is 5. The number of hydrogen-bond donors (Lipinski definition) is 3. The highest BCUT2D eigenvalue weighted by molar-refractivity contribution is 6.33. The topological polar surface area (TPSA) is 113 Å². The van der Waals surface area contributed by atoms with Gasteiger partial charge in [0.25, 0.3) is 5.91 Å². The van der Waals surface area contributed by atoms with E-state index in [2.05, 4.69) is 20.6 Å². The highest BCUT2D eigenvalue weighted by Gasteiger charge is 2.29. The number of amides is 2. The van der Waals surface area contributed by atoms with Gasteiger partial charge in [-0.2, -0.15) is 0 Å². The van der Waals surface area contributed by atoms with Crippen molar-refractivity contribution in [3.63, 3.8) is 0 Å². The molecular formula is C24H28ClFN4O4. The Balaban J connectivity index is 1.25. The Bertz CT molecular complexity index is 1050. The van der Waals surface area contributed by atoms with E-state index in [1.54, 1.807) is 0 Å². The van der Waals surface area contributed by atoms with E-state index in [4.69, 9.17) is 16.3 Å². The van der Waals surface area contributed by atoms with E-state index in [1.165, 1.54) is 18.5 Å². The van der Waals surface area contributed by atoms with E-state index in [9.17, 15) is 18.8 Å². The van der Waals surface area contributed by atoms with Crippen LogP contribution in [0.1, 0.15) is 72.3 Å². The lowest BCUT2D eigenvalue weighted by molar-refractivity contribution is -0.120. The quantitative estimate of drug-likeness (QED) is 0.478. The molecule has 1 aromatic carbocycles. The van der Waals surface area contributed by atoms with Crippen molar-refractivity contribution < 1.29 is 23.5 Å². The minimum Gasteiger partial charge on any atom is -0.378 e. The third-order valence-electron chi connectivity index (χ3n) is 6.47. The number of benzene rings is 1. The van der Waals surface area contributed by atoms with Crippen molar-refractivity contribution in [3.8, 4) is 0 Å². The maximum absolute atomic E-state index is 13.2. The highest BCUT2D eigenvalue weighted by Crippen LogP contribution is 2.28. The zero-order chi connectivity index (χ0) is 24.1. The number of halogens is 2. The molecule has 1 saturated heterocycles. The van der Waals surface area contributed by atoms with Crippen molar-refractivity contribution in [2.24, 2.45) is 5.92 Å². The first-order chi connectivity index (χ1) is 16.4. The monoisotopic (exact) mass is 490 g/mol. The Kier molecular flexibility index (Phi) is 7.95. The van der Waals surface area contributed by atoms with Gasteiger partial charge in [0.2, 0.25) is 5.91 Å². The molecule has 1 saturated carbocycles. The molecule has 8 nitrogen and oxygen atoms in total. The van der Waals surface area contributed by atoms with Gasteiger partial charge in [-0.3, -0.25) is 14.4 Å². The van der Waals surface area contributed by atoms with E-state index in [-0.39, 0.29) is 58.5 Å². The first kappa shape index (κ1) is 24.3. The van der Waals surface area contributed by atoms with E-state index in [0.29, 0.717) is 37.8 Å². The summed E-state index contributed by atoms with van der Waals surface area (Å²) >= 11 is 5.99. The van der Waals surface area contributed by atoms with Crippen molar-refractivity contribution in [2.75, 3.05) is 11.9 Å². The summed E-state index contributed by atoms with van der Waals surface area (Å²) in [4.78, 5) is 44.8. The van der Waals surface area contributed by atoms with Crippen LogP contribution in [0.25, 0.3) is 0 Å². The lowest BCUT2D eigenvalue weighted by Gasteiger charge is -2.28. The minimum atomic E-state index is -0.468. The van der Waals surface area contributed by atoms with E-state index >= 15 is 0 Å². The first-order valence-electron chi connectivity index (χ1n) is 11.7. The Labute approximate surface area is 202 Å². The molecule has 182 valence electrons. The van der Waals surface area contributed by atoms with Crippen LogP contribution in [-0.2, 0) is 9.53 Å². The molecule has 1 unspecified atom stereocenters. The molecule has 2 aromatic rings. The van der Waals surface area contributed by atoms with Gasteiger partial charge in [0.1, 0.15) is 17.2 Å².